The Bertz CT molecular complexity index is 386. The third-order valence-electron chi connectivity index (χ3n) is 4.09. The summed E-state index contributed by atoms with van der Waals surface area (Å²) in [5.74, 6) is 1.73. The summed E-state index contributed by atoms with van der Waals surface area (Å²) in [7, 11) is 0. The van der Waals surface area contributed by atoms with Crippen LogP contribution in [0.4, 0.5) is 5.69 Å². The van der Waals surface area contributed by atoms with Crippen LogP contribution in [0.3, 0.4) is 0 Å². The van der Waals surface area contributed by atoms with Gasteiger partial charge in [0.2, 0.25) is 0 Å². The van der Waals surface area contributed by atoms with Gasteiger partial charge in [-0.25, -0.2) is 0 Å². The predicted molar refractivity (Wildman–Crippen MR) is 85.3 cm³/mol. The largest absolute Gasteiger partial charge is 0.494 e. The lowest BCUT2D eigenvalue weighted by atomic mass is 9.86. The summed E-state index contributed by atoms with van der Waals surface area (Å²) in [6.45, 7) is 4.03. The lowest BCUT2D eigenvalue weighted by Crippen LogP contribution is -2.29. The van der Waals surface area contributed by atoms with Crippen molar-refractivity contribution in [3.8, 4) is 5.75 Å². The van der Waals surface area contributed by atoms with E-state index in [-0.39, 0.29) is 0 Å². The lowest BCUT2D eigenvalue weighted by Gasteiger charge is -2.26. The summed E-state index contributed by atoms with van der Waals surface area (Å²) >= 11 is 0. The summed E-state index contributed by atoms with van der Waals surface area (Å²) < 4.78 is 5.74. The summed E-state index contributed by atoms with van der Waals surface area (Å²) in [6.07, 6.45) is 7.13. The SMILES string of the molecule is CCCCOc1cccc(NC[C@H]2CC[C@H](N)CC2)c1. The monoisotopic (exact) mass is 276 g/mol. The van der Waals surface area contributed by atoms with Gasteiger partial charge in [-0.15, -0.1) is 0 Å². The van der Waals surface area contributed by atoms with Gasteiger partial charge in [0.25, 0.3) is 0 Å². The minimum Gasteiger partial charge on any atom is -0.494 e. The van der Waals surface area contributed by atoms with Gasteiger partial charge in [0, 0.05) is 24.3 Å². The zero-order chi connectivity index (χ0) is 14.2. The number of ether oxygens (including phenoxy) is 1. The van der Waals surface area contributed by atoms with E-state index in [1.54, 1.807) is 0 Å². The number of hydrogen-bond acceptors (Lipinski definition) is 3. The van der Waals surface area contributed by atoms with Gasteiger partial charge in [0.05, 0.1) is 6.61 Å². The first kappa shape index (κ1) is 15.2. The molecule has 1 saturated carbocycles. The van der Waals surface area contributed by atoms with E-state index in [1.807, 2.05) is 6.07 Å². The molecule has 0 radical (unpaired) electrons. The molecule has 3 heteroatoms. The number of nitrogens with one attached hydrogen (secondary N) is 1. The normalized spacial score (nSPS) is 22.5. The van der Waals surface area contributed by atoms with Gasteiger partial charge >= 0.3 is 0 Å². The molecule has 1 aromatic carbocycles. The standard InChI is InChI=1S/C17H28N2O/c1-2-3-11-20-17-6-4-5-16(12-17)19-13-14-7-9-15(18)10-8-14/h4-6,12,14-15,19H,2-3,7-11,13,18H2,1H3/t14-,15-. The molecule has 0 aliphatic heterocycles. The second-order valence-corrected chi connectivity index (χ2v) is 5.89. The molecule has 1 aliphatic rings. The quantitative estimate of drug-likeness (QED) is 0.745. The van der Waals surface area contributed by atoms with Gasteiger partial charge in [-0.3, -0.25) is 0 Å². The number of anilines is 1. The van der Waals surface area contributed by atoms with E-state index in [9.17, 15) is 0 Å². The Balaban J connectivity index is 1.76. The Morgan fingerprint density at radius 1 is 1.25 bits per heavy atom. The molecule has 0 unspecified atom stereocenters. The van der Waals surface area contributed by atoms with E-state index in [0.29, 0.717) is 6.04 Å². The topological polar surface area (TPSA) is 47.3 Å². The third-order valence-corrected chi connectivity index (χ3v) is 4.09. The van der Waals surface area contributed by atoms with Crippen LogP contribution in [0.25, 0.3) is 0 Å². The maximum absolute atomic E-state index is 5.95. The molecule has 3 N–H and O–H groups in total. The first-order valence-corrected chi connectivity index (χ1v) is 8.00. The Morgan fingerprint density at radius 3 is 2.80 bits per heavy atom. The molecule has 0 saturated heterocycles. The number of hydrogen-bond donors (Lipinski definition) is 2. The van der Waals surface area contributed by atoms with Gasteiger partial charge in [-0.2, -0.15) is 0 Å². The van der Waals surface area contributed by atoms with Crippen LogP contribution >= 0.6 is 0 Å². The van der Waals surface area contributed by atoms with E-state index in [2.05, 4.69) is 30.4 Å². The second kappa shape index (κ2) is 8.15. The molecular weight excluding hydrogens is 248 g/mol. The maximum Gasteiger partial charge on any atom is 0.121 e. The van der Waals surface area contributed by atoms with Crippen molar-refractivity contribution in [1.29, 1.82) is 0 Å². The van der Waals surface area contributed by atoms with Crippen molar-refractivity contribution in [3.63, 3.8) is 0 Å². The van der Waals surface area contributed by atoms with E-state index >= 15 is 0 Å². The number of unbranched alkanes of at least 4 members (excludes halogenated alkanes) is 1. The second-order valence-electron chi connectivity index (χ2n) is 5.89. The molecule has 1 fully saturated rings. The minimum absolute atomic E-state index is 0.432. The first-order valence-electron chi connectivity index (χ1n) is 8.00. The molecule has 3 nitrogen and oxygen atoms in total. The molecule has 0 spiro atoms. The van der Waals surface area contributed by atoms with Gasteiger partial charge in [0.15, 0.2) is 0 Å². The van der Waals surface area contributed by atoms with E-state index in [0.717, 1.165) is 36.9 Å². The van der Waals surface area contributed by atoms with Crippen LogP contribution in [-0.4, -0.2) is 19.2 Å². The van der Waals surface area contributed by atoms with Crippen molar-refractivity contribution in [2.75, 3.05) is 18.5 Å². The van der Waals surface area contributed by atoms with Gasteiger partial charge in [0.1, 0.15) is 5.75 Å². The van der Waals surface area contributed by atoms with Crippen LogP contribution in [0.15, 0.2) is 24.3 Å². The molecule has 0 aromatic heterocycles. The summed E-state index contributed by atoms with van der Waals surface area (Å²) in [5, 5.41) is 3.54. The van der Waals surface area contributed by atoms with E-state index in [1.165, 1.54) is 32.1 Å². The minimum atomic E-state index is 0.432. The molecule has 0 bridgehead atoms. The van der Waals surface area contributed by atoms with Crippen molar-refractivity contribution in [2.45, 2.75) is 51.5 Å². The Kier molecular flexibility index (Phi) is 6.19. The van der Waals surface area contributed by atoms with Crippen molar-refractivity contribution in [2.24, 2.45) is 11.7 Å². The highest BCUT2D eigenvalue weighted by Crippen LogP contribution is 2.24. The van der Waals surface area contributed by atoms with Gasteiger partial charge in [-0.1, -0.05) is 19.4 Å². The fourth-order valence-electron chi connectivity index (χ4n) is 2.68. The molecule has 1 aliphatic carbocycles. The summed E-state index contributed by atoms with van der Waals surface area (Å²) in [6, 6.07) is 8.73. The van der Waals surface area contributed by atoms with Crippen LogP contribution in [0.5, 0.6) is 5.75 Å². The highest BCUT2D eigenvalue weighted by molar-refractivity contribution is 5.48. The van der Waals surface area contributed by atoms with Crippen molar-refractivity contribution in [1.82, 2.24) is 0 Å². The molecule has 112 valence electrons. The Morgan fingerprint density at radius 2 is 2.05 bits per heavy atom. The zero-order valence-electron chi connectivity index (χ0n) is 12.6. The highest BCUT2D eigenvalue weighted by Gasteiger charge is 2.17. The molecule has 0 atom stereocenters. The van der Waals surface area contributed by atoms with E-state index in [4.69, 9.17) is 10.5 Å². The molecule has 20 heavy (non-hydrogen) atoms. The molecular formula is C17H28N2O. The summed E-state index contributed by atoms with van der Waals surface area (Å²) in [5.41, 5.74) is 7.11. The first-order chi connectivity index (χ1) is 9.78. The third kappa shape index (κ3) is 5.04. The Hall–Kier alpha value is -1.22. The molecule has 0 heterocycles. The maximum atomic E-state index is 5.95. The summed E-state index contributed by atoms with van der Waals surface area (Å²) in [4.78, 5) is 0. The zero-order valence-corrected chi connectivity index (χ0v) is 12.6. The molecule has 2 rings (SSSR count). The van der Waals surface area contributed by atoms with Crippen LogP contribution in [0.2, 0.25) is 0 Å². The van der Waals surface area contributed by atoms with Crippen molar-refractivity contribution >= 4 is 5.69 Å². The van der Waals surface area contributed by atoms with Crippen LogP contribution in [0.1, 0.15) is 45.4 Å². The highest BCUT2D eigenvalue weighted by atomic mass is 16.5. The lowest BCUT2D eigenvalue weighted by molar-refractivity contribution is 0.309. The van der Waals surface area contributed by atoms with Crippen LogP contribution in [-0.2, 0) is 0 Å². The number of benzene rings is 1. The number of nitrogens with two attached hydrogens (primary N) is 1. The van der Waals surface area contributed by atoms with E-state index < -0.39 is 0 Å². The smallest absolute Gasteiger partial charge is 0.121 e. The fourth-order valence-corrected chi connectivity index (χ4v) is 2.68. The van der Waals surface area contributed by atoms with Crippen LogP contribution < -0.4 is 15.8 Å². The predicted octanol–water partition coefficient (Wildman–Crippen LogP) is 3.79. The Labute approximate surface area is 122 Å². The van der Waals surface area contributed by atoms with Crippen LogP contribution in [0, 0.1) is 5.92 Å². The van der Waals surface area contributed by atoms with Gasteiger partial charge in [-0.05, 0) is 50.2 Å². The number of rotatable bonds is 7. The average Bonchev–Trinajstić information content (AvgIpc) is 2.47. The molecule has 0 amide bonds. The van der Waals surface area contributed by atoms with Gasteiger partial charge < -0.3 is 15.8 Å². The van der Waals surface area contributed by atoms with Crippen molar-refractivity contribution < 1.29 is 4.74 Å². The van der Waals surface area contributed by atoms with Crippen molar-refractivity contribution in [3.05, 3.63) is 24.3 Å². The average molecular weight is 276 g/mol. The fraction of sp³-hybridized carbons (Fsp3) is 0.647. The molecule has 1 aromatic rings.